The molecule has 3 aromatic rings. The van der Waals surface area contributed by atoms with Gasteiger partial charge in [-0.2, -0.15) is 0 Å². The van der Waals surface area contributed by atoms with Gasteiger partial charge in [0.15, 0.2) is 17.2 Å². The highest BCUT2D eigenvalue weighted by atomic mass is 79.9. The summed E-state index contributed by atoms with van der Waals surface area (Å²) in [5, 5.41) is 19.1. The number of terminal acetylenes is 1. The average Bonchev–Trinajstić information content (AvgIpc) is 3.01. The van der Waals surface area contributed by atoms with E-state index in [0.717, 1.165) is 10.0 Å². The number of fused-ring (bicyclic) bond motifs is 2. The second kappa shape index (κ2) is 8.32. The lowest BCUT2D eigenvalue weighted by molar-refractivity contribution is -0.127. The molecule has 0 fully saturated rings. The highest BCUT2D eigenvalue weighted by Crippen LogP contribution is 2.40. The van der Waals surface area contributed by atoms with E-state index in [2.05, 4.69) is 52.9 Å². The van der Waals surface area contributed by atoms with E-state index < -0.39 is 12.0 Å². The summed E-state index contributed by atoms with van der Waals surface area (Å²) in [7, 11) is 0. The van der Waals surface area contributed by atoms with E-state index in [9.17, 15) is 9.90 Å². The van der Waals surface area contributed by atoms with Crippen LogP contribution in [0.1, 0.15) is 26.3 Å². The van der Waals surface area contributed by atoms with Crippen molar-refractivity contribution in [1.29, 1.82) is 0 Å². The monoisotopic (exact) mass is 495 g/mol. The fourth-order valence-corrected chi connectivity index (χ4v) is 3.83. The molecule has 1 atom stereocenters. The Hall–Kier alpha value is -3.31. The van der Waals surface area contributed by atoms with E-state index in [-0.39, 0.29) is 30.1 Å². The molecule has 164 valence electrons. The third-order valence-corrected chi connectivity index (χ3v) is 5.71. The maximum atomic E-state index is 12.7. The maximum Gasteiger partial charge on any atom is 0.308 e. The van der Waals surface area contributed by atoms with Gasteiger partial charge in [-0.05, 0) is 41.3 Å². The van der Waals surface area contributed by atoms with Crippen LogP contribution in [0.3, 0.4) is 0 Å². The minimum absolute atomic E-state index is 0.0239. The molecule has 0 spiro atoms. The molecule has 0 unspecified atom stereocenters. The Kier molecular flexibility index (Phi) is 5.70. The van der Waals surface area contributed by atoms with Gasteiger partial charge in [0.05, 0.1) is 12.1 Å². The van der Waals surface area contributed by atoms with Gasteiger partial charge in [-0.15, -0.1) is 16.7 Å². The molecule has 0 saturated heterocycles. The van der Waals surface area contributed by atoms with Crippen molar-refractivity contribution in [2.75, 3.05) is 6.61 Å². The summed E-state index contributed by atoms with van der Waals surface area (Å²) in [6.07, 6.45) is 4.49. The number of amides is 1. The van der Waals surface area contributed by atoms with Crippen LogP contribution in [0.2, 0.25) is 0 Å². The SMILES string of the molecule is C#CCn1c(O)c(N=NC(=O)[C@H]2COc3ccc(C(C)(C)C)cc3O2)c2cc(Br)ccc21. The van der Waals surface area contributed by atoms with Crippen molar-refractivity contribution in [1.82, 2.24) is 4.57 Å². The molecule has 4 rings (SSSR count). The second-order valence-electron chi connectivity index (χ2n) is 8.49. The van der Waals surface area contributed by atoms with E-state index in [1.54, 1.807) is 12.1 Å². The smallest absolute Gasteiger partial charge is 0.308 e. The molecule has 0 bridgehead atoms. The number of aromatic hydroxyl groups is 1. The highest BCUT2D eigenvalue weighted by molar-refractivity contribution is 9.10. The second-order valence-corrected chi connectivity index (χ2v) is 9.41. The van der Waals surface area contributed by atoms with Crippen molar-refractivity contribution in [2.45, 2.75) is 38.8 Å². The van der Waals surface area contributed by atoms with Gasteiger partial charge in [0.1, 0.15) is 6.61 Å². The molecule has 2 heterocycles. The van der Waals surface area contributed by atoms with Crippen LogP contribution < -0.4 is 9.47 Å². The molecule has 0 radical (unpaired) electrons. The van der Waals surface area contributed by atoms with Crippen LogP contribution in [0.15, 0.2) is 51.1 Å². The number of nitrogens with zero attached hydrogens (tertiary/aromatic N) is 3. The fraction of sp³-hybridized carbons (Fsp3) is 0.292. The molecule has 1 aromatic heterocycles. The van der Waals surface area contributed by atoms with Crippen molar-refractivity contribution in [2.24, 2.45) is 10.2 Å². The quantitative estimate of drug-likeness (QED) is 0.384. The first-order valence-electron chi connectivity index (χ1n) is 10.0. The molecule has 1 aliphatic heterocycles. The number of rotatable bonds is 3. The molecule has 0 aliphatic carbocycles. The van der Waals surface area contributed by atoms with Crippen LogP contribution in [-0.2, 0) is 16.8 Å². The van der Waals surface area contributed by atoms with Gasteiger partial charge >= 0.3 is 5.91 Å². The summed E-state index contributed by atoms with van der Waals surface area (Å²) in [6.45, 7) is 6.46. The van der Waals surface area contributed by atoms with Crippen LogP contribution in [-0.4, -0.2) is 28.3 Å². The zero-order valence-corrected chi connectivity index (χ0v) is 19.5. The Balaban J connectivity index is 1.61. The van der Waals surface area contributed by atoms with E-state index in [4.69, 9.17) is 15.9 Å². The van der Waals surface area contributed by atoms with Gasteiger partial charge in [0.2, 0.25) is 12.0 Å². The Morgan fingerprint density at radius 3 is 2.78 bits per heavy atom. The highest BCUT2D eigenvalue weighted by Gasteiger charge is 2.29. The van der Waals surface area contributed by atoms with Crippen LogP contribution in [0, 0.1) is 12.3 Å². The Labute approximate surface area is 194 Å². The molecule has 7 nitrogen and oxygen atoms in total. The van der Waals surface area contributed by atoms with Crippen LogP contribution in [0.4, 0.5) is 5.69 Å². The standard InChI is InChI=1S/C24H22BrN3O4/c1-5-10-28-17-8-7-15(25)12-16(17)21(23(28)30)26-27-22(29)20-13-31-18-9-6-14(24(2,3)4)11-19(18)32-20/h1,6-9,11-12,20,30H,10,13H2,2-4H3/t20-/m1/s1. The summed E-state index contributed by atoms with van der Waals surface area (Å²) in [5.74, 6) is 2.81. The first-order valence-corrected chi connectivity index (χ1v) is 10.8. The Morgan fingerprint density at radius 2 is 2.06 bits per heavy atom. The Bertz CT molecular complexity index is 1280. The summed E-state index contributed by atoms with van der Waals surface area (Å²) < 4.78 is 13.9. The van der Waals surface area contributed by atoms with Crippen molar-refractivity contribution >= 4 is 38.4 Å². The topological polar surface area (TPSA) is 85.4 Å². The minimum Gasteiger partial charge on any atom is -0.493 e. The van der Waals surface area contributed by atoms with Gasteiger partial charge in [-0.1, -0.05) is 48.7 Å². The third kappa shape index (κ3) is 4.08. The summed E-state index contributed by atoms with van der Waals surface area (Å²) in [6, 6.07) is 11.1. The lowest BCUT2D eigenvalue weighted by Gasteiger charge is -2.27. The van der Waals surface area contributed by atoms with Gasteiger partial charge < -0.3 is 14.6 Å². The zero-order chi connectivity index (χ0) is 23.0. The fourth-order valence-electron chi connectivity index (χ4n) is 3.47. The molecule has 2 aromatic carbocycles. The molecule has 1 amide bonds. The molecule has 8 heteroatoms. The van der Waals surface area contributed by atoms with Gasteiger partial charge in [-0.3, -0.25) is 9.36 Å². The number of azo groups is 1. The van der Waals surface area contributed by atoms with Crippen molar-refractivity contribution < 1.29 is 19.4 Å². The number of aromatic nitrogens is 1. The zero-order valence-electron chi connectivity index (χ0n) is 17.9. The molecular formula is C24H22BrN3O4. The molecular weight excluding hydrogens is 474 g/mol. The van der Waals surface area contributed by atoms with Crippen LogP contribution in [0.25, 0.3) is 10.9 Å². The van der Waals surface area contributed by atoms with E-state index in [0.29, 0.717) is 22.4 Å². The van der Waals surface area contributed by atoms with Gasteiger partial charge in [0, 0.05) is 9.86 Å². The number of hydrogen-bond acceptors (Lipinski definition) is 5. The first kappa shape index (κ1) is 21.9. The summed E-state index contributed by atoms with van der Waals surface area (Å²) >= 11 is 3.41. The van der Waals surface area contributed by atoms with Crippen molar-refractivity contribution in [3.63, 3.8) is 0 Å². The summed E-state index contributed by atoms with van der Waals surface area (Å²) in [5.41, 5.74) is 1.84. The lowest BCUT2D eigenvalue weighted by Crippen LogP contribution is -2.35. The molecule has 1 N–H and O–H groups in total. The van der Waals surface area contributed by atoms with Crippen LogP contribution in [0.5, 0.6) is 17.4 Å². The predicted molar refractivity (Wildman–Crippen MR) is 125 cm³/mol. The van der Waals surface area contributed by atoms with Crippen molar-refractivity contribution in [3.05, 3.63) is 46.4 Å². The molecule has 1 aliphatic rings. The number of hydrogen-bond donors (Lipinski definition) is 1. The molecule has 0 saturated carbocycles. The van der Waals surface area contributed by atoms with Gasteiger partial charge in [0.25, 0.3) is 0 Å². The Morgan fingerprint density at radius 1 is 1.28 bits per heavy atom. The minimum atomic E-state index is -0.936. The maximum absolute atomic E-state index is 12.7. The largest absolute Gasteiger partial charge is 0.493 e. The van der Waals surface area contributed by atoms with E-state index in [1.165, 1.54) is 4.57 Å². The number of benzene rings is 2. The number of halogens is 1. The number of carbonyl (C=O) groups excluding carboxylic acids is 1. The normalized spacial score (nSPS) is 15.8. The van der Waals surface area contributed by atoms with Crippen molar-refractivity contribution in [3.8, 4) is 29.7 Å². The van der Waals surface area contributed by atoms with Gasteiger partial charge in [-0.25, -0.2) is 0 Å². The van der Waals surface area contributed by atoms with E-state index >= 15 is 0 Å². The number of ether oxygens (including phenoxy) is 2. The number of carbonyl (C=O) groups is 1. The molecule has 32 heavy (non-hydrogen) atoms. The summed E-state index contributed by atoms with van der Waals surface area (Å²) in [4.78, 5) is 12.7. The third-order valence-electron chi connectivity index (χ3n) is 5.21. The van der Waals surface area contributed by atoms with E-state index in [1.807, 2.05) is 24.3 Å². The predicted octanol–water partition coefficient (Wildman–Crippen LogP) is 5.49. The lowest BCUT2D eigenvalue weighted by atomic mass is 9.87. The average molecular weight is 496 g/mol. The first-order chi connectivity index (χ1) is 15.2. The van der Waals surface area contributed by atoms with Crippen LogP contribution >= 0.6 is 15.9 Å².